The van der Waals surface area contributed by atoms with Crippen molar-refractivity contribution in [3.8, 4) is 0 Å². The van der Waals surface area contributed by atoms with E-state index in [1.807, 2.05) is 16.7 Å². The van der Waals surface area contributed by atoms with Crippen LogP contribution >= 0.6 is 12.4 Å². The van der Waals surface area contributed by atoms with Gasteiger partial charge in [0.2, 0.25) is 11.8 Å². The third-order valence-corrected chi connectivity index (χ3v) is 5.18. The molecule has 23 heavy (non-hydrogen) atoms. The largest absolute Gasteiger partial charge is 0.342 e. The number of carbonyl (C=O) groups is 2. The zero-order valence-corrected chi connectivity index (χ0v) is 15.3. The molecule has 0 aromatic heterocycles. The first-order valence-electron chi connectivity index (χ1n) is 8.85. The van der Waals surface area contributed by atoms with Crippen LogP contribution in [0.4, 0.5) is 0 Å². The summed E-state index contributed by atoms with van der Waals surface area (Å²) in [6.07, 6.45) is 5.35. The quantitative estimate of drug-likeness (QED) is 0.847. The van der Waals surface area contributed by atoms with E-state index in [2.05, 4.69) is 6.92 Å². The molecule has 5 nitrogen and oxygen atoms in total. The van der Waals surface area contributed by atoms with E-state index in [9.17, 15) is 9.59 Å². The van der Waals surface area contributed by atoms with Gasteiger partial charge < -0.3 is 15.5 Å². The normalized spacial score (nSPS) is 24.0. The molecule has 2 amide bonds. The van der Waals surface area contributed by atoms with Crippen LogP contribution in [0.1, 0.15) is 52.4 Å². The summed E-state index contributed by atoms with van der Waals surface area (Å²) in [7, 11) is 0. The summed E-state index contributed by atoms with van der Waals surface area (Å²) < 4.78 is 0. The number of halogens is 1. The lowest BCUT2D eigenvalue weighted by Gasteiger charge is -2.38. The number of amides is 2. The van der Waals surface area contributed by atoms with E-state index in [1.54, 1.807) is 0 Å². The number of hydrogen-bond acceptors (Lipinski definition) is 3. The van der Waals surface area contributed by atoms with E-state index in [1.165, 1.54) is 0 Å². The lowest BCUT2D eigenvalue weighted by atomic mass is 9.89. The van der Waals surface area contributed by atoms with Crippen molar-refractivity contribution >= 4 is 24.2 Å². The maximum Gasteiger partial charge on any atom is 0.227 e. The van der Waals surface area contributed by atoms with Crippen molar-refractivity contribution in [3.63, 3.8) is 0 Å². The van der Waals surface area contributed by atoms with Crippen LogP contribution in [0.2, 0.25) is 0 Å². The number of hydrogen-bond donors (Lipinski definition) is 1. The number of carbonyl (C=O) groups excluding carboxylic acids is 2. The van der Waals surface area contributed by atoms with Crippen LogP contribution in [0, 0.1) is 11.8 Å². The lowest BCUT2D eigenvalue weighted by molar-refractivity contribution is -0.142. The van der Waals surface area contributed by atoms with E-state index in [-0.39, 0.29) is 36.2 Å². The summed E-state index contributed by atoms with van der Waals surface area (Å²) >= 11 is 0. The highest BCUT2D eigenvalue weighted by Crippen LogP contribution is 2.24. The van der Waals surface area contributed by atoms with E-state index in [0.717, 1.165) is 51.7 Å². The molecule has 134 valence electrons. The van der Waals surface area contributed by atoms with E-state index in [0.29, 0.717) is 18.9 Å². The summed E-state index contributed by atoms with van der Waals surface area (Å²) in [6, 6.07) is 0.217. The number of piperidine rings is 2. The molecule has 0 radical (unpaired) electrons. The standard InChI is InChI=1S/C17H31N3O2.ClH/c1-3-5-16(21)20-9-4-6-15(12-20)17(22)19-10-7-14(8-11-19)13(2)18;/h13-15H,3-12,18H2,1-2H3;1H. The Balaban J connectivity index is 0.00000264. The van der Waals surface area contributed by atoms with Crippen molar-refractivity contribution in [2.75, 3.05) is 26.2 Å². The number of likely N-dealkylation sites (tertiary alicyclic amines) is 2. The zero-order valence-electron chi connectivity index (χ0n) is 14.5. The number of nitrogens with two attached hydrogens (primary N) is 1. The minimum Gasteiger partial charge on any atom is -0.342 e. The summed E-state index contributed by atoms with van der Waals surface area (Å²) in [5.41, 5.74) is 5.96. The molecule has 0 bridgehead atoms. The van der Waals surface area contributed by atoms with Gasteiger partial charge in [-0.2, -0.15) is 0 Å². The molecule has 0 aromatic carbocycles. The molecular formula is C17H32ClN3O2. The van der Waals surface area contributed by atoms with Gasteiger partial charge in [-0.3, -0.25) is 9.59 Å². The molecule has 6 heteroatoms. The average Bonchev–Trinajstić information content (AvgIpc) is 2.54. The molecule has 0 aliphatic carbocycles. The number of rotatable bonds is 4. The molecule has 2 aliphatic rings. The van der Waals surface area contributed by atoms with Gasteiger partial charge in [0.15, 0.2) is 0 Å². The monoisotopic (exact) mass is 345 g/mol. The van der Waals surface area contributed by atoms with Crippen molar-refractivity contribution in [2.24, 2.45) is 17.6 Å². The van der Waals surface area contributed by atoms with E-state index >= 15 is 0 Å². The van der Waals surface area contributed by atoms with Crippen LogP contribution in [0.5, 0.6) is 0 Å². The topological polar surface area (TPSA) is 66.6 Å². The SMILES string of the molecule is CCCC(=O)N1CCCC(C(=O)N2CCC(C(C)N)CC2)C1.Cl. The van der Waals surface area contributed by atoms with Crippen molar-refractivity contribution in [1.82, 2.24) is 9.80 Å². The highest BCUT2D eigenvalue weighted by molar-refractivity contribution is 5.85. The first kappa shape index (κ1) is 20.2. The molecule has 0 spiro atoms. The summed E-state index contributed by atoms with van der Waals surface area (Å²) in [6.45, 7) is 7.16. The Hall–Kier alpha value is -0.810. The number of nitrogens with zero attached hydrogens (tertiary/aromatic N) is 2. The Morgan fingerprint density at radius 3 is 2.35 bits per heavy atom. The fraction of sp³-hybridized carbons (Fsp3) is 0.882. The average molecular weight is 346 g/mol. The Bertz CT molecular complexity index is 395. The molecule has 2 heterocycles. The molecule has 2 N–H and O–H groups in total. The highest BCUT2D eigenvalue weighted by Gasteiger charge is 2.33. The third kappa shape index (κ3) is 5.35. The van der Waals surface area contributed by atoms with Gasteiger partial charge in [-0.25, -0.2) is 0 Å². The van der Waals surface area contributed by atoms with Crippen molar-refractivity contribution in [1.29, 1.82) is 0 Å². The second-order valence-corrected chi connectivity index (χ2v) is 6.95. The Morgan fingerprint density at radius 1 is 1.13 bits per heavy atom. The molecule has 2 aliphatic heterocycles. The minimum atomic E-state index is 0. The van der Waals surface area contributed by atoms with Crippen molar-refractivity contribution < 1.29 is 9.59 Å². The Kier molecular flexibility index (Phi) is 8.34. The second-order valence-electron chi connectivity index (χ2n) is 6.95. The molecule has 2 atom stereocenters. The predicted molar refractivity (Wildman–Crippen MR) is 94.4 cm³/mol. The second kappa shape index (κ2) is 9.48. The molecule has 2 saturated heterocycles. The van der Waals surface area contributed by atoms with Crippen molar-refractivity contribution in [3.05, 3.63) is 0 Å². The van der Waals surface area contributed by atoms with Gasteiger partial charge >= 0.3 is 0 Å². The van der Waals surface area contributed by atoms with Crippen LogP contribution < -0.4 is 5.73 Å². The van der Waals surface area contributed by atoms with Crippen molar-refractivity contribution in [2.45, 2.75) is 58.4 Å². The van der Waals surface area contributed by atoms with E-state index in [4.69, 9.17) is 5.73 Å². The van der Waals surface area contributed by atoms with Gasteiger partial charge in [0.1, 0.15) is 0 Å². The maximum atomic E-state index is 12.7. The van der Waals surface area contributed by atoms with Gasteiger partial charge in [-0.15, -0.1) is 12.4 Å². The first-order valence-corrected chi connectivity index (χ1v) is 8.85. The Morgan fingerprint density at radius 2 is 1.78 bits per heavy atom. The van der Waals surface area contributed by atoms with Crippen LogP contribution in [0.15, 0.2) is 0 Å². The maximum absolute atomic E-state index is 12.7. The molecule has 2 fully saturated rings. The fourth-order valence-electron chi connectivity index (χ4n) is 3.68. The third-order valence-electron chi connectivity index (χ3n) is 5.18. The van der Waals surface area contributed by atoms with Crippen LogP contribution in [0.25, 0.3) is 0 Å². The highest BCUT2D eigenvalue weighted by atomic mass is 35.5. The summed E-state index contributed by atoms with van der Waals surface area (Å²) in [5, 5.41) is 0. The fourth-order valence-corrected chi connectivity index (χ4v) is 3.68. The molecule has 0 aromatic rings. The molecule has 2 unspecified atom stereocenters. The van der Waals surface area contributed by atoms with Gasteiger partial charge in [0.25, 0.3) is 0 Å². The van der Waals surface area contributed by atoms with Gasteiger partial charge in [-0.05, 0) is 44.9 Å². The predicted octanol–water partition coefficient (Wildman–Crippen LogP) is 2.03. The van der Waals surface area contributed by atoms with Gasteiger partial charge in [-0.1, -0.05) is 6.92 Å². The minimum absolute atomic E-state index is 0. The summed E-state index contributed by atoms with van der Waals surface area (Å²) in [4.78, 5) is 28.7. The van der Waals surface area contributed by atoms with Crippen LogP contribution in [0.3, 0.4) is 0 Å². The molecule has 2 rings (SSSR count). The van der Waals surface area contributed by atoms with Gasteiger partial charge in [0, 0.05) is 38.6 Å². The van der Waals surface area contributed by atoms with Crippen LogP contribution in [-0.2, 0) is 9.59 Å². The van der Waals surface area contributed by atoms with E-state index < -0.39 is 0 Å². The first-order chi connectivity index (χ1) is 10.5. The smallest absolute Gasteiger partial charge is 0.227 e. The lowest BCUT2D eigenvalue weighted by Crippen LogP contribution is -2.49. The zero-order chi connectivity index (χ0) is 16.1. The van der Waals surface area contributed by atoms with Crippen LogP contribution in [-0.4, -0.2) is 53.8 Å². The molecular weight excluding hydrogens is 314 g/mol. The van der Waals surface area contributed by atoms with Gasteiger partial charge in [0.05, 0.1) is 5.92 Å². The molecule has 0 saturated carbocycles. The Labute approximate surface area is 146 Å². The summed E-state index contributed by atoms with van der Waals surface area (Å²) in [5.74, 6) is 0.993.